The van der Waals surface area contributed by atoms with Gasteiger partial charge >= 0.3 is 0 Å². The van der Waals surface area contributed by atoms with Crippen LogP contribution in [-0.4, -0.2) is 35.4 Å². The molecule has 0 unspecified atom stereocenters. The average Bonchev–Trinajstić information content (AvgIpc) is 2.47. The molecule has 7 heteroatoms. The minimum absolute atomic E-state index is 0.0509. The van der Waals surface area contributed by atoms with Gasteiger partial charge in [0.05, 0.1) is 10.7 Å². The van der Waals surface area contributed by atoms with Crippen molar-refractivity contribution in [2.24, 2.45) is 0 Å². The van der Waals surface area contributed by atoms with E-state index in [4.69, 9.17) is 6.42 Å². The first kappa shape index (κ1) is 16.9. The molecule has 0 bridgehead atoms. The molecule has 6 nitrogen and oxygen atoms in total. The Morgan fingerprint density at radius 2 is 2.29 bits per heavy atom. The number of nitrogens with zero attached hydrogens (tertiary/aromatic N) is 1. The maximum Gasteiger partial charge on any atom is 0.292 e. The molecule has 112 valence electrons. The van der Waals surface area contributed by atoms with Crippen LogP contribution >= 0.6 is 11.8 Å². The molecule has 1 aromatic carbocycles. The van der Waals surface area contributed by atoms with Gasteiger partial charge in [-0.25, -0.2) is 0 Å². The zero-order valence-corrected chi connectivity index (χ0v) is 12.5. The van der Waals surface area contributed by atoms with Gasteiger partial charge in [0, 0.05) is 30.5 Å². The molecule has 1 amide bonds. The van der Waals surface area contributed by atoms with Crippen LogP contribution in [-0.2, 0) is 0 Å². The molecule has 0 aliphatic heterocycles. The molecule has 2 N–H and O–H groups in total. The van der Waals surface area contributed by atoms with Crippen molar-refractivity contribution >= 4 is 29.0 Å². The van der Waals surface area contributed by atoms with E-state index < -0.39 is 4.92 Å². The molecular weight excluding hydrogens is 290 g/mol. The fourth-order valence-corrected chi connectivity index (χ4v) is 2.14. The van der Waals surface area contributed by atoms with Gasteiger partial charge in [-0.05, 0) is 19.1 Å². The molecule has 0 heterocycles. The fraction of sp³-hybridized carbons (Fsp3) is 0.357. The molecule has 0 aromatic heterocycles. The molecule has 0 aliphatic carbocycles. The summed E-state index contributed by atoms with van der Waals surface area (Å²) in [6, 6.07) is 4.28. The molecule has 0 saturated heterocycles. The van der Waals surface area contributed by atoms with E-state index in [2.05, 4.69) is 16.6 Å². The van der Waals surface area contributed by atoms with Gasteiger partial charge in [-0.3, -0.25) is 14.9 Å². The predicted molar refractivity (Wildman–Crippen MR) is 85.8 cm³/mol. The lowest BCUT2D eigenvalue weighted by molar-refractivity contribution is -0.384. The van der Waals surface area contributed by atoms with Gasteiger partial charge in [0.25, 0.3) is 11.6 Å². The molecule has 0 spiro atoms. The standard InChI is InChI=1S/C14H17N3O3S/c1-3-8-21-9-7-16-12-10-11(14(18)15-4-2)5-6-13(12)17(19)20/h1,5-6,10,16H,4,7-9H2,2H3,(H,15,18). The highest BCUT2D eigenvalue weighted by atomic mass is 32.2. The Labute approximate surface area is 127 Å². The third-order valence-corrected chi connectivity index (χ3v) is 3.40. The second kappa shape index (κ2) is 8.87. The van der Waals surface area contributed by atoms with Gasteiger partial charge < -0.3 is 10.6 Å². The van der Waals surface area contributed by atoms with Crippen LogP contribution < -0.4 is 10.6 Å². The summed E-state index contributed by atoms with van der Waals surface area (Å²) in [6.45, 7) is 2.85. The van der Waals surface area contributed by atoms with E-state index in [0.29, 0.717) is 30.1 Å². The number of benzene rings is 1. The number of nitrogens with one attached hydrogen (secondary N) is 2. The molecule has 1 aromatic rings. The number of terminal acetylenes is 1. The zero-order valence-electron chi connectivity index (χ0n) is 11.7. The number of anilines is 1. The predicted octanol–water partition coefficient (Wildman–Crippen LogP) is 2.12. The number of rotatable bonds is 8. The van der Waals surface area contributed by atoms with E-state index >= 15 is 0 Å². The molecule has 0 fully saturated rings. The number of nitro groups is 1. The summed E-state index contributed by atoms with van der Waals surface area (Å²) in [6.07, 6.45) is 5.14. The summed E-state index contributed by atoms with van der Waals surface area (Å²) in [5, 5.41) is 16.6. The second-order valence-corrected chi connectivity index (χ2v) is 5.14. The van der Waals surface area contributed by atoms with Crippen LogP contribution in [0.3, 0.4) is 0 Å². The first-order valence-electron chi connectivity index (χ1n) is 6.41. The number of amides is 1. The summed E-state index contributed by atoms with van der Waals surface area (Å²) in [4.78, 5) is 22.3. The van der Waals surface area contributed by atoms with E-state index in [1.54, 1.807) is 11.8 Å². The molecular formula is C14H17N3O3S. The van der Waals surface area contributed by atoms with Gasteiger partial charge in [0.15, 0.2) is 0 Å². The van der Waals surface area contributed by atoms with Crippen molar-refractivity contribution in [1.82, 2.24) is 5.32 Å². The number of nitro benzene ring substituents is 1. The van der Waals surface area contributed by atoms with E-state index in [1.165, 1.54) is 18.2 Å². The maximum absolute atomic E-state index is 11.8. The van der Waals surface area contributed by atoms with Gasteiger partial charge in [0.1, 0.15) is 5.69 Å². The highest BCUT2D eigenvalue weighted by Gasteiger charge is 2.16. The Hall–Kier alpha value is -2.20. The lowest BCUT2D eigenvalue weighted by Gasteiger charge is -2.09. The lowest BCUT2D eigenvalue weighted by atomic mass is 10.1. The number of thioether (sulfide) groups is 1. The van der Waals surface area contributed by atoms with E-state index in [0.717, 1.165) is 5.75 Å². The third-order valence-electron chi connectivity index (χ3n) is 2.54. The Bertz CT molecular complexity index is 555. The molecule has 0 atom stereocenters. The van der Waals surface area contributed by atoms with Crippen molar-refractivity contribution in [3.63, 3.8) is 0 Å². The highest BCUT2D eigenvalue weighted by Crippen LogP contribution is 2.25. The van der Waals surface area contributed by atoms with Crippen molar-refractivity contribution < 1.29 is 9.72 Å². The van der Waals surface area contributed by atoms with Gasteiger partial charge in [0.2, 0.25) is 0 Å². The normalized spacial score (nSPS) is 9.71. The van der Waals surface area contributed by atoms with Crippen molar-refractivity contribution in [2.75, 3.05) is 29.9 Å². The number of carbonyl (C=O) groups excluding carboxylic acids is 1. The van der Waals surface area contributed by atoms with Crippen molar-refractivity contribution in [1.29, 1.82) is 0 Å². The maximum atomic E-state index is 11.8. The monoisotopic (exact) mass is 307 g/mol. The van der Waals surface area contributed by atoms with Crippen molar-refractivity contribution in [3.05, 3.63) is 33.9 Å². The van der Waals surface area contributed by atoms with Gasteiger partial charge in [-0.15, -0.1) is 18.2 Å². The first-order chi connectivity index (χ1) is 10.1. The van der Waals surface area contributed by atoms with Crippen LogP contribution in [0.25, 0.3) is 0 Å². The summed E-state index contributed by atoms with van der Waals surface area (Å²) < 4.78 is 0. The highest BCUT2D eigenvalue weighted by molar-refractivity contribution is 7.99. The van der Waals surface area contributed by atoms with Crippen LogP contribution in [0.5, 0.6) is 0 Å². The van der Waals surface area contributed by atoms with Crippen molar-refractivity contribution in [2.45, 2.75) is 6.92 Å². The van der Waals surface area contributed by atoms with Crippen LogP contribution in [0.15, 0.2) is 18.2 Å². The van der Waals surface area contributed by atoms with E-state index in [9.17, 15) is 14.9 Å². The minimum atomic E-state index is -0.474. The van der Waals surface area contributed by atoms with E-state index in [1.807, 2.05) is 6.92 Å². The van der Waals surface area contributed by atoms with E-state index in [-0.39, 0.29) is 11.6 Å². The Balaban J connectivity index is 2.81. The molecule has 21 heavy (non-hydrogen) atoms. The SMILES string of the molecule is C#CCSCCNc1cc(C(=O)NCC)ccc1[N+](=O)[O-]. The Morgan fingerprint density at radius 1 is 1.52 bits per heavy atom. The Kier molecular flexibility index (Phi) is 7.12. The topological polar surface area (TPSA) is 84.3 Å². The largest absolute Gasteiger partial charge is 0.379 e. The van der Waals surface area contributed by atoms with Crippen LogP contribution in [0.4, 0.5) is 11.4 Å². The number of hydrogen-bond donors (Lipinski definition) is 2. The van der Waals surface area contributed by atoms with Crippen LogP contribution in [0.1, 0.15) is 17.3 Å². The fourth-order valence-electron chi connectivity index (χ4n) is 1.63. The molecule has 0 saturated carbocycles. The summed E-state index contributed by atoms with van der Waals surface area (Å²) in [7, 11) is 0. The third kappa shape index (κ3) is 5.36. The van der Waals surface area contributed by atoms with Gasteiger partial charge in [-0.1, -0.05) is 5.92 Å². The minimum Gasteiger partial charge on any atom is -0.379 e. The van der Waals surface area contributed by atoms with Gasteiger partial charge in [-0.2, -0.15) is 0 Å². The quantitative estimate of drug-likeness (QED) is 0.333. The smallest absolute Gasteiger partial charge is 0.292 e. The molecule has 0 aliphatic rings. The molecule has 1 rings (SSSR count). The average molecular weight is 307 g/mol. The second-order valence-electron chi connectivity index (χ2n) is 4.03. The summed E-state index contributed by atoms with van der Waals surface area (Å²) in [5.41, 5.74) is 0.677. The first-order valence-corrected chi connectivity index (χ1v) is 7.57. The number of carbonyl (C=O) groups is 1. The lowest BCUT2D eigenvalue weighted by Crippen LogP contribution is -2.22. The van der Waals surface area contributed by atoms with Crippen LogP contribution in [0, 0.1) is 22.5 Å². The molecule has 0 radical (unpaired) electrons. The zero-order chi connectivity index (χ0) is 15.7. The Morgan fingerprint density at radius 3 is 2.90 bits per heavy atom. The van der Waals surface area contributed by atoms with Crippen LogP contribution in [0.2, 0.25) is 0 Å². The summed E-state index contributed by atoms with van der Waals surface area (Å²) in [5.74, 6) is 3.58. The van der Waals surface area contributed by atoms with Crippen molar-refractivity contribution in [3.8, 4) is 12.3 Å². The summed E-state index contributed by atoms with van der Waals surface area (Å²) >= 11 is 1.56. The number of hydrogen-bond acceptors (Lipinski definition) is 5.